The van der Waals surface area contributed by atoms with Gasteiger partial charge < -0.3 is 14.2 Å². The number of hydrogen-bond donors (Lipinski definition) is 0. The molecule has 0 N–H and O–H groups in total. The number of aryl methyl sites for hydroxylation is 4. The van der Waals surface area contributed by atoms with Gasteiger partial charge in [-0.15, -0.1) is 0 Å². The molecule has 0 aliphatic heterocycles. The van der Waals surface area contributed by atoms with Gasteiger partial charge >= 0.3 is 0 Å². The molecule has 0 aliphatic carbocycles. The topological polar surface area (TPSA) is 27.7 Å². The van der Waals surface area contributed by atoms with E-state index in [1.54, 1.807) is 0 Å². The van der Waals surface area contributed by atoms with E-state index in [1.165, 1.54) is 71.9 Å². The van der Waals surface area contributed by atoms with E-state index in [0.717, 1.165) is 34.5 Å². The molecule has 0 spiro atoms. The maximum Gasteiger partial charge on any atom is 0.166 e. The van der Waals surface area contributed by atoms with E-state index in [-0.39, 0.29) is 38.1 Å². The number of hydrogen-bond acceptors (Lipinski definition) is 3. The molecule has 0 aromatic heterocycles. The molecule has 0 saturated heterocycles. The van der Waals surface area contributed by atoms with E-state index in [9.17, 15) is 0 Å². The Hall–Kier alpha value is -8.91. The Kier molecular flexibility index (Phi) is 20.5. The summed E-state index contributed by atoms with van der Waals surface area (Å²) in [4.78, 5) is 11.8. The average molecular weight is 1180 g/mol. The molecule has 0 heterocycles. The normalized spacial score (nSPS) is 12.0. The molecule has 0 aliphatic rings. The third-order valence-electron chi connectivity index (χ3n) is 14.1. The Labute approximate surface area is 519 Å². The van der Waals surface area contributed by atoms with Crippen molar-refractivity contribution < 1.29 is 14.2 Å². The second kappa shape index (κ2) is 29.3. The van der Waals surface area contributed by atoms with Gasteiger partial charge in [0.2, 0.25) is 0 Å². The zero-order valence-corrected chi connectivity index (χ0v) is 52.4. The van der Waals surface area contributed by atoms with Crippen LogP contribution in [0.4, 0.5) is 0 Å². The summed E-state index contributed by atoms with van der Waals surface area (Å²) < 4.78 is 18.1. The smallest absolute Gasteiger partial charge is 0.166 e. The molecule has 3 nitrogen and oxygen atoms in total. The van der Waals surface area contributed by atoms with E-state index in [0.29, 0.717) is 0 Å². The summed E-state index contributed by atoms with van der Waals surface area (Å²) >= 11 is 0. The van der Waals surface area contributed by atoms with Crippen LogP contribution in [0, 0.1) is 27.7 Å². The monoisotopic (exact) mass is 1180 g/mol. The van der Waals surface area contributed by atoms with Crippen molar-refractivity contribution in [3.8, 4) is 34.5 Å². The summed E-state index contributed by atoms with van der Waals surface area (Å²) in [6.45, 7) is 15.1. The average Bonchev–Trinajstić information content (AvgIpc) is 3.72. The minimum atomic E-state index is -0.146. The molecule has 12 aromatic rings. The lowest BCUT2D eigenvalue weighted by Gasteiger charge is -2.19. The van der Waals surface area contributed by atoms with Crippen LogP contribution >= 0.6 is 0 Å². The van der Waals surface area contributed by atoms with Crippen LogP contribution in [0.2, 0.25) is 0 Å². The molecule has 0 fully saturated rings. The fraction of sp³-hybridized carbons (Fsp3) is 0.100. The molecule has 0 saturated carbocycles. The number of rotatable bonds is 15. The van der Waals surface area contributed by atoms with Crippen LogP contribution in [0.5, 0.6) is 34.5 Å². The highest BCUT2D eigenvalue weighted by molar-refractivity contribution is 7.97. The number of ether oxygens (including phenoxy) is 3. The van der Waals surface area contributed by atoms with E-state index < -0.39 is 0 Å². The lowest BCUT2D eigenvalue weighted by Crippen LogP contribution is -2.10. The van der Waals surface area contributed by atoms with Gasteiger partial charge in [0.05, 0.1) is 32.7 Å². The standard InChI is InChI=1S/C29H29OS.C26H23OS.C25H21OS/c1-22-10-18-27(19-11-22)31(26-8-6-5-7-9-26)28-20-16-25(17-21-28)30-24-14-12-23(13-15-24)29(2,3)4;1-20-8-12-22(13-9-20)27-23-14-18-26(19-15-23)28(24-6-4-3-5-7-24)25-16-10-21(2)11-17-25;1-20-12-16-24(17-13-20)27(23-10-6-3-7-11-23)25-18-14-22(15-19-25)26-21-8-4-2-5-9-21/h5-21H,1-4H3;3-19H,1-2H3;2-19H,1H3/q3*+1. The highest BCUT2D eigenvalue weighted by atomic mass is 32.2. The Morgan fingerprint density at radius 3 is 0.616 bits per heavy atom. The molecule has 6 heteroatoms. The third kappa shape index (κ3) is 16.7. The van der Waals surface area contributed by atoms with Crippen molar-refractivity contribution >= 4 is 32.7 Å². The second-order valence-corrected chi connectivity index (χ2v) is 28.0. The van der Waals surface area contributed by atoms with Crippen LogP contribution in [-0.4, -0.2) is 0 Å². The molecule has 3 unspecified atom stereocenters. The zero-order chi connectivity index (χ0) is 59.7. The summed E-state index contributed by atoms with van der Waals surface area (Å²) in [7, 11) is -0.416. The first-order valence-corrected chi connectivity index (χ1v) is 32.7. The van der Waals surface area contributed by atoms with Gasteiger partial charge in [0.1, 0.15) is 34.5 Å². The Morgan fingerprint density at radius 1 is 0.198 bits per heavy atom. The van der Waals surface area contributed by atoms with Gasteiger partial charge in [0.25, 0.3) is 0 Å². The number of benzene rings is 12. The van der Waals surface area contributed by atoms with Crippen molar-refractivity contribution in [3.05, 3.63) is 343 Å². The SMILES string of the molecule is Cc1ccc(Oc2ccc([S+](c3ccccc3)c3ccc(C)cc3)cc2)cc1.Cc1ccc([S+](c2ccccc2)c2ccc(Oc3ccc(C(C)(C)C)cc3)cc2)cc1.Cc1ccc([S+](c2ccccc2)c2ccc(Oc3ccccc3)cc2)cc1. The van der Waals surface area contributed by atoms with Crippen molar-refractivity contribution in [1.82, 2.24) is 0 Å². The van der Waals surface area contributed by atoms with Gasteiger partial charge in [0, 0.05) is 0 Å². The third-order valence-corrected chi connectivity index (χ3v) is 20.8. The highest BCUT2D eigenvalue weighted by Gasteiger charge is 2.31. The summed E-state index contributed by atoms with van der Waals surface area (Å²) in [5.41, 5.74) is 6.52. The molecule has 426 valence electrons. The van der Waals surface area contributed by atoms with Crippen molar-refractivity contribution in [1.29, 1.82) is 0 Å². The van der Waals surface area contributed by atoms with Crippen molar-refractivity contribution in [3.63, 3.8) is 0 Å². The Morgan fingerprint density at radius 2 is 0.372 bits per heavy atom. The van der Waals surface area contributed by atoms with E-state index >= 15 is 0 Å². The van der Waals surface area contributed by atoms with Crippen molar-refractivity contribution in [2.75, 3.05) is 0 Å². The van der Waals surface area contributed by atoms with Gasteiger partial charge in [-0.2, -0.15) is 0 Å². The van der Waals surface area contributed by atoms with Crippen LogP contribution in [0.25, 0.3) is 0 Å². The van der Waals surface area contributed by atoms with Gasteiger partial charge in [-0.25, -0.2) is 0 Å². The Bertz CT molecular complexity index is 3950. The lowest BCUT2D eigenvalue weighted by molar-refractivity contribution is 0.481. The highest BCUT2D eigenvalue weighted by Crippen LogP contribution is 2.37. The maximum atomic E-state index is 6.11. The maximum absolute atomic E-state index is 6.11. The van der Waals surface area contributed by atoms with Crippen molar-refractivity contribution in [2.45, 2.75) is 97.9 Å². The van der Waals surface area contributed by atoms with Crippen LogP contribution in [-0.2, 0) is 38.1 Å². The molecule has 12 rings (SSSR count). The molecule has 3 atom stereocenters. The Balaban J connectivity index is 0.000000143. The van der Waals surface area contributed by atoms with Crippen LogP contribution in [0.1, 0.15) is 48.6 Å². The van der Waals surface area contributed by atoms with Crippen LogP contribution in [0.3, 0.4) is 0 Å². The molecule has 0 amide bonds. The first kappa shape index (κ1) is 60.2. The zero-order valence-electron chi connectivity index (χ0n) is 50.0. The van der Waals surface area contributed by atoms with E-state index in [4.69, 9.17) is 14.2 Å². The molecule has 0 radical (unpaired) electrons. The van der Waals surface area contributed by atoms with E-state index in [1.807, 2.05) is 42.5 Å². The van der Waals surface area contributed by atoms with Gasteiger partial charge in [-0.05, 0) is 221 Å². The molecule has 0 bridgehead atoms. The first-order chi connectivity index (χ1) is 41.9. The number of para-hydroxylation sites is 1. The minimum Gasteiger partial charge on any atom is -0.457 e. The van der Waals surface area contributed by atoms with Gasteiger partial charge in [0.15, 0.2) is 44.1 Å². The van der Waals surface area contributed by atoms with E-state index in [2.05, 4.69) is 321 Å². The molecule has 86 heavy (non-hydrogen) atoms. The lowest BCUT2D eigenvalue weighted by atomic mass is 9.87. The first-order valence-electron chi connectivity index (χ1n) is 29.0. The fourth-order valence-electron chi connectivity index (χ4n) is 9.37. The molecule has 12 aromatic carbocycles. The summed E-state index contributed by atoms with van der Waals surface area (Å²) in [6.07, 6.45) is 0. The quantitative estimate of drug-likeness (QED) is 0.0958. The van der Waals surface area contributed by atoms with Crippen LogP contribution in [0.15, 0.2) is 360 Å². The van der Waals surface area contributed by atoms with Gasteiger partial charge in [-0.3, -0.25) is 0 Å². The summed E-state index contributed by atoms with van der Waals surface area (Å²) in [5.74, 6) is 5.14. The predicted octanol–water partition coefficient (Wildman–Crippen LogP) is 22.3. The predicted molar refractivity (Wildman–Crippen MR) is 362 cm³/mol. The minimum absolute atomic E-state index is 0.133. The van der Waals surface area contributed by atoms with Crippen molar-refractivity contribution in [2.24, 2.45) is 0 Å². The largest absolute Gasteiger partial charge is 0.457 e. The summed E-state index contributed by atoms with van der Waals surface area (Å²) in [6, 6.07) is 111. The van der Waals surface area contributed by atoms with Gasteiger partial charge in [-0.1, -0.05) is 176 Å². The molecular weight excluding hydrogens is 1110 g/mol. The fourth-order valence-corrected chi connectivity index (χ4v) is 15.6. The summed E-state index contributed by atoms with van der Waals surface area (Å²) in [5, 5.41) is 0. The molecular formula is C80H73O3S3+3. The van der Waals surface area contributed by atoms with Crippen LogP contribution < -0.4 is 14.2 Å². The second-order valence-electron chi connectivity index (χ2n) is 21.9.